The molecule has 2 rings (SSSR count). The number of anilines is 1. The van der Waals surface area contributed by atoms with Gasteiger partial charge in [0.15, 0.2) is 5.13 Å². The zero-order valence-corrected chi connectivity index (χ0v) is 10.00. The Morgan fingerprint density at radius 1 is 1.81 bits per heavy atom. The second-order valence-electron chi connectivity index (χ2n) is 3.86. The molecule has 1 aromatic heterocycles. The van der Waals surface area contributed by atoms with Crippen molar-refractivity contribution in [2.45, 2.75) is 19.4 Å². The van der Waals surface area contributed by atoms with E-state index in [1.807, 2.05) is 17.2 Å². The van der Waals surface area contributed by atoms with Crippen LogP contribution in [-0.2, 0) is 16.0 Å². The Bertz CT molecular complexity index is 380. The molecule has 2 heterocycles. The highest BCUT2D eigenvalue weighted by atomic mass is 32.1. The summed E-state index contributed by atoms with van der Waals surface area (Å²) in [4.78, 5) is 17.9. The molecule has 1 aromatic rings. The van der Waals surface area contributed by atoms with Crippen molar-refractivity contribution in [3.63, 3.8) is 0 Å². The number of nitrogen functional groups attached to an aromatic ring is 1. The summed E-state index contributed by atoms with van der Waals surface area (Å²) in [6.45, 7) is 3.90. The predicted molar refractivity (Wildman–Crippen MR) is 62.2 cm³/mol. The molecule has 2 N–H and O–H groups in total. The number of hydrogen-bond acceptors (Lipinski definition) is 5. The van der Waals surface area contributed by atoms with Gasteiger partial charge in [0, 0.05) is 11.9 Å². The monoisotopic (exact) mass is 241 g/mol. The first-order valence-electron chi connectivity index (χ1n) is 5.24. The summed E-state index contributed by atoms with van der Waals surface area (Å²) in [6, 6.07) is 0.150. The fraction of sp³-hybridized carbons (Fsp3) is 0.600. The smallest absolute Gasteiger partial charge is 0.229 e. The Hall–Kier alpha value is -1.14. The predicted octanol–water partition coefficient (Wildman–Crippen LogP) is 0.515. The number of aromatic nitrogens is 1. The van der Waals surface area contributed by atoms with E-state index in [9.17, 15) is 4.79 Å². The van der Waals surface area contributed by atoms with Crippen molar-refractivity contribution in [2.24, 2.45) is 0 Å². The van der Waals surface area contributed by atoms with E-state index in [4.69, 9.17) is 10.5 Å². The lowest BCUT2D eigenvalue weighted by Gasteiger charge is -2.33. The second-order valence-corrected chi connectivity index (χ2v) is 4.75. The van der Waals surface area contributed by atoms with Crippen molar-refractivity contribution in [3.8, 4) is 0 Å². The quantitative estimate of drug-likeness (QED) is 0.819. The van der Waals surface area contributed by atoms with Crippen molar-refractivity contribution in [1.82, 2.24) is 9.88 Å². The molecule has 0 spiro atoms. The third-order valence-electron chi connectivity index (χ3n) is 2.59. The van der Waals surface area contributed by atoms with E-state index in [1.165, 1.54) is 11.3 Å². The Labute approximate surface area is 98.2 Å². The average molecular weight is 241 g/mol. The molecule has 1 atom stereocenters. The van der Waals surface area contributed by atoms with Crippen molar-refractivity contribution < 1.29 is 9.53 Å². The van der Waals surface area contributed by atoms with Gasteiger partial charge in [-0.2, -0.15) is 0 Å². The molecular formula is C10H15N3O2S. The van der Waals surface area contributed by atoms with Gasteiger partial charge < -0.3 is 15.4 Å². The molecule has 1 aliphatic rings. The summed E-state index contributed by atoms with van der Waals surface area (Å²) in [6.07, 6.45) is 0.331. The van der Waals surface area contributed by atoms with Gasteiger partial charge in [-0.05, 0) is 6.92 Å². The fourth-order valence-corrected chi connectivity index (χ4v) is 2.32. The normalized spacial score (nSPS) is 21.1. The van der Waals surface area contributed by atoms with Crippen molar-refractivity contribution in [1.29, 1.82) is 0 Å². The van der Waals surface area contributed by atoms with E-state index in [0.29, 0.717) is 31.3 Å². The zero-order valence-electron chi connectivity index (χ0n) is 9.18. The Morgan fingerprint density at radius 2 is 2.62 bits per heavy atom. The van der Waals surface area contributed by atoms with Gasteiger partial charge in [-0.15, -0.1) is 11.3 Å². The van der Waals surface area contributed by atoms with Gasteiger partial charge in [0.1, 0.15) is 0 Å². The fourth-order valence-electron chi connectivity index (χ4n) is 1.76. The number of rotatable bonds is 2. The van der Waals surface area contributed by atoms with E-state index in [2.05, 4.69) is 4.98 Å². The summed E-state index contributed by atoms with van der Waals surface area (Å²) in [5.41, 5.74) is 6.28. The van der Waals surface area contributed by atoms with Gasteiger partial charge in [-0.25, -0.2) is 4.98 Å². The van der Waals surface area contributed by atoms with Gasteiger partial charge in [-0.1, -0.05) is 0 Å². The van der Waals surface area contributed by atoms with Crippen LogP contribution in [0.4, 0.5) is 5.13 Å². The number of amides is 1. The Balaban J connectivity index is 1.96. The lowest BCUT2D eigenvalue weighted by Crippen LogP contribution is -2.47. The first kappa shape index (κ1) is 11.3. The molecule has 16 heavy (non-hydrogen) atoms. The maximum atomic E-state index is 12.0. The molecular weight excluding hydrogens is 226 g/mol. The molecule has 1 aliphatic heterocycles. The van der Waals surface area contributed by atoms with Crippen molar-refractivity contribution in [3.05, 3.63) is 11.1 Å². The zero-order chi connectivity index (χ0) is 11.5. The number of ether oxygens (including phenoxy) is 1. The van der Waals surface area contributed by atoms with Crippen LogP contribution in [0.5, 0.6) is 0 Å². The highest BCUT2D eigenvalue weighted by molar-refractivity contribution is 7.13. The van der Waals surface area contributed by atoms with Gasteiger partial charge in [0.2, 0.25) is 5.91 Å². The van der Waals surface area contributed by atoms with E-state index in [-0.39, 0.29) is 11.9 Å². The minimum absolute atomic E-state index is 0.0982. The van der Waals surface area contributed by atoms with Gasteiger partial charge in [0.05, 0.1) is 31.4 Å². The molecule has 1 fully saturated rings. The van der Waals surface area contributed by atoms with Gasteiger partial charge >= 0.3 is 0 Å². The van der Waals surface area contributed by atoms with Crippen LogP contribution in [0.25, 0.3) is 0 Å². The summed E-state index contributed by atoms with van der Waals surface area (Å²) in [7, 11) is 0. The number of carbonyl (C=O) groups excluding carboxylic acids is 1. The van der Waals surface area contributed by atoms with Gasteiger partial charge in [0.25, 0.3) is 0 Å². The minimum atomic E-state index is 0.0982. The number of thiazole rings is 1. The summed E-state index contributed by atoms with van der Waals surface area (Å²) >= 11 is 1.37. The standard InChI is InChI=1S/C10H15N3O2S/c1-7-5-15-3-2-13(7)9(14)4-8-6-16-10(11)12-8/h6-7H,2-5H2,1H3,(H2,11,12)/t7-/m1/s1. The molecule has 0 unspecified atom stereocenters. The lowest BCUT2D eigenvalue weighted by atomic mass is 10.2. The van der Waals surface area contributed by atoms with Crippen LogP contribution >= 0.6 is 11.3 Å². The lowest BCUT2D eigenvalue weighted by molar-refractivity contribution is -0.138. The molecule has 1 saturated heterocycles. The minimum Gasteiger partial charge on any atom is -0.377 e. The number of morpholine rings is 1. The third kappa shape index (κ3) is 2.51. The largest absolute Gasteiger partial charge is 0.377 e. The number of carbonyl (C=O) groups is 1. The maximum absolute atomic E-state index is 12.0. The summed E-state index contributed by atoms with van der Waals surface area (Å²) in [5.74, 6) is 0.0982. The van der Waals surface area contributed by atoms with Crippen molar-refractivity contribution >= 4 is 22.4 Å². The molecule has 6 heteroatoms. The molecule has 1 amide bonds. The first-order valence-corrected chi connectivity index (χ1v) is 6.12. The molecule has 5 nitrogen and oxygen atoms in total. The molecule has 88 valence electrons. The molecule has 0 radical (unpaired) electrons. The van der Waals surface area contributed by atoms with Crippen molar-refractivity contribution in [2.75, 3.05) is 25.5 Å². The van der Waals surface area contributed by atoms with Crippen LogP contribution in [0.15, 0.2) is 5.38 Å². The molecule has 0 saturated carbocycles. The third-order valence-corrected chi connectivity index (χ3v) is 3.31. The summed E-state index contributed by atoms with van der Waals surface area (Å²) < 4.78 is 5.29. The number of nitrogens with two attached hydrogens (primary N) is 1. The Kier molecular flexibility index (Phi) is 3.40. The van der Waals surface area contributed by atoms with Crippen LogP contribution in [0.2, 0.25) is 0 Å². The topological polar surface area (TPSA) is 68.5 Å². The van der Waals surface area contributed by atoms with E-state index in [0.717, 1.165) is 5.69 Å². The maximum Gasteiger partial charge on any atom is 0.229 e. The average Bonchev–Trinajstić information content (AvgIpc) is 2.64. The highest BCUT2D eigenvalue weighted by Crippen LogP contribution is 2.14. The van der Waals surface area contributed by atoms with Crippen LogP contribution < -0.4 is 5.73 Å². The summed E-state index contributed by atoms with van der Waals surface area (Å²) in [5, 5.41) is 2.34. The van der Waals surface area contributed by atoms with Gasteiger partial charge in [-0.3, -0.25) is 4.79 Å². The highest BCUT2D eigenvalue weighted by Gasteiger charge is 2.24. The number of hydrogen-bond donors (Lipinski definition) is 1. The van der Waals surface area contributed by atoms with Crippen LogP contribution in [-0.4, -0.2) is 41.6 Å². The van der Waals surface area contributed by atoms with Crippen LogP contribution in [0.3, 0.4) is 0 Å². The molecule has 0 aliphatic carbocycles. The number of nitrogens with zero attached hydrogens (tertiary/aromatic N) is 2. The second kappa shape index (κ2) is 4.80. The van der Waals surface area contributed by atoms with Crippen LogP contribution in [0, 0.1) is 0 Å². The van der Waals surface area contributed by atoms with E-state index >= 15 is 0 Å². The Morgan fingerprint density at radius 3 is 3.25 bits per heavy atom. The molecule has 0 aromatic carbocycles. The van der Waals surface area contributed by atoms with E-state index < -0.39 is 0 Å². The molecule has 0 bridgehead atoms. The first-order chi connectivity index (χ1) is 7.66. The van der Waals surface area contributed by atoms with Crippen LogP contribution in [0.1, 0.15) is 12.6 Å². The van der Waals surface area contributed by atoms with E-state index in [1.54, 1.807) is 0 Å². The SMILES string of the molecule is C[C@@H]1COCCN1C(=O)Cc1csc(N)n1.